The molecule has 2 rings (SSSR count). The highest BCUT2D eigenvalue weighted by atomic mass is 35.5. The number of hydrogen-bond donors (Lipinski definition) is 1. The Labute approximate surface area is 117 Å². The van der Waals surface area contributed by atoms with Crippen molar-refractivity contribution in [2.24, 2.45) is 7.05 Å². The quantitative estimate of drug-likeness (QED) is 0.873. The van der Waals surface area contributed by atoms with Crippen LogP contribution in [-0.4, -0.2) is 15.7 Å². The molecule has 0 radical (unpaired) electrons. The van der Waals surface area contributed by atoms with Gasteiger partial charge in [-0.3, -0.25) is 9.48 Å². The number of nitrogens with zero attached hydrogens (tertiary/aromatic N) is 2. The van der Waals surface area contributed by atoms with Crippen LogP contribution in [0.4, 0.5) is 0 Å². The van der Waals surface area contributed by atoms with E-state index >= 15 is 0 Å². The van der Waals surface area contributed by atoms with Crippen molar-refractivity contribution in [3.8, 4) is 0 Å². The van der Waals surface area contributed by atoms with E-state index in [1.807, 2.05) is 26.1 Å². The molecule has 0 spiro atoms. The number of rotatable bonds is 4. The molecule has 2 aromatic rings. The summed E-state index contributed by atoms with van der Waals surface area (Å²) >= 11 is 5.71. The van der Waals surface area contributed by atoms with E-state index in [0.29, 0.717) is 18.0 Å². The summed E-state index contributed by atoms with van der Waals surface area (Å²) in [5, 5.41) is 7.02. The third-order valence-electron chi connectivity index (χ3n) is 3.15. The third kappa shape index (κ3) is 3.15. The van der Waals surface area contributed by atoms with E-state index in [-0.39, 0.29) is 5.91 Å². The summed E-state index contributed by atoms with van der Waals surface area (Å²) in [5.74, 6) is 0.362. The van der Waals surface area contributed by atoms with Crippen LogP contribution >= 0.6 is 11.6 Å². The van der Waals surface area contributed by atoms with Crippen LogP contribution in [0.3, 0.4) is 0 Å². The van der Waals surface area contributed by atoms with Gasteiger partial charge in [0.25, 0.3) is 5.91 Å². The topological polar surface area (TPSA) is 46.9 Å². The van der Waals surface area contributed by atoms with E-state index in [1.165, 1.54) is 0 Å². The number of benzene rings is 1. The van der Waals surface area contributed by atoms with E-state index in [0.717, 1.165) is 16.8 Å². The lowest BCUT2D eigenvalue weighted by Gasteiger charge is -2.05. The van der Waals surface area contributed by atoms with Crippen molar-refractivity contribution in [1.29, 1.82) is 0 Å². The van der Waals surface area contributed by atoms with Crippen molar-refractivity contribution in [2.75, 3.05) is 0 Å². The summed E-state index contributed by atoms with van der Waals surface area (Å²) in [6.45, 7) is 2.46. The number of hydrogen-bond acceptors (Lipinski definition) is 2. The summed E-state index contributed by atoms with van der Waals surface area (Å²) in [6.07, 6.45) is 1.77. The second-order valence-corrected chi connectivity index (χ2v) is 4.66. The fourth-order valence-electron chi connectivity index (χ4n) is 1.74. The number of nitrogens with one attached hydrogen (secondary N) is 1. The van der Waals surface area contributed by atoms with Gasteiger partial charge in [-0.2, -0.15) is 5.10 Å². The normalized spacial score (nSPS) is 10.5. The van der Waals surface area contributed by atoms with Crippen molar-refractivity contribution in [2.45, 2.75) is 19.3 Å². The van der Waals surface area contributed by atoms with Crippen molar-refractivity contribution in [3.05, 3.63) is 52.8 Å². The summed E-state index contributed by atoms with van der Waals surface area (Å²) in [7, 11) is 1.88. The highest BCUT2D eigenvalue weighted by Crippen LogP contribution is 2.08. The molecule has 100 valence electrons. The van der Waals surface area contributed by atoms with Gasteiger partial charge in [-0.1, -0.05) is 12.1 Å². The fourth-order valence-corrected chi connectivity index (χ4v) is 1.92. The molecule has 1 N–H and O–H groups in total. The summed E-state index contributed by atoms with van der Waals surface area (Å²) in [6, 6.07) is 7.28. The predicted octanol–water partition coefficient (Wildman–Crippen LogP) is 2.40. The third-order valence-corrected chi connectivity index (χ3v) is 3.46. The van der Waals surface area contributed by atoms with Crippen LogP contribution in [-0.2, 0) is 19.5 Å². The Balaban J connectivity index is 1.99. The smallest absolute Gasteiger partial charge is 0.251 e. The number of halogens is 1. The molecule has 1 heterocycles. The van der Waals surface area contributed by atoms with Crippen LogP contribution in [0.15, 0.2) is 30.5 Å². The summed E-state index contributed by atoms with van der Waals surface area (Å²) in [4.78, 5) is 12.0. The van der Waals surface area contributed by atoms with Crippen molar-refractivity contribution in [1.82, 2.24) is 15.1 Å². The Kier molecular flexibility index (Phi) is 4.22. The molecule has 0 fully saturated rings. The van der Waals surface area contributed by atoms with Gasteiger partial charge < -0.3 is 5.32 Å². The fraction of sp³-hybridized carbons (Fsp3) is 0.286. The van der Waals surface area contributed by atoms with Crippen LogP contribution in [0.5, 0.6) is 0 Å². The lowest BCUT2D eigenvalue weighted by Crippen LogP contribution is -2.23. The molecule has 0 unspecified atom stereocenters. The van der Waals surface area contributed by atoms with E-state index < -0.39 is 0 Å². The number of amides is 1. The minimum absolute atomic E-state index is 0.0932. The SMILES string of the molecule is Cc1c(CNC(=O)c2ccc(CCl)cc2)cnn1C. The molecule has 0 bridgehead atoms. The molecule has 5 heteroatoms. The summed E-state index contributed by atoms with van der Waals surface area (Å²) in [5.41, 5.74) is 3.71. The van der Waals surface area contributed by atoms with Crippen molar-refractivity contribution >= 4 is 17.5 Å². The van der Waals surface area contributed by atoms with Crippen molar-refractivity contribution in [3.63, 3.8) is 0 Å². The number of aromatic nitrogens is 2. The molecule has 0 atom stereocenters. The first-order chi connectivity index (χ1) is 9.11. The molecule has 1 aromatic carbocycles. The molecule has 0 aliphatic rings. The maximum atomic E-state index is 12.0. The average Bonchev–Trinajstić information content (AvgIpc) is 2.76. The van der Waals surface area contributed by atoms with Gasteiger partial charge >= 0.3 is 0 Å². The number of alkyl halides is 1. The zero-order valence-corrected chi connectivity index (χ0v) is 11.7. The monoisotopic (exact) mass is 277 g/mol. The maximum absolute atomic E-state index is 12.0. The Hall–Kier alpha value is -1.81. The largest absolute Gasteiger partial charge is 0.348 e. The van der Waals surface area contributed by atoms with E-state index in [2.05, 4.69) is 10.4 Å². The second-order valence-electron chi connectivity index (χ2n) is 4.39. The molecule has 0 aliphatic heterocycles. The number of carbonyl (C=O) groups is 1. The second kappa shape index (κ2) is 5.89. The first-order valence-corrected chi connectivity index (χ1v) is 6.56. The predicted molar refractivity (Wildman–Crippen MR) is 75.1 cm³/mol. The first-order valence-electron chi connectivity index (χ1n) is 6.02. The number of carbonyl (C=O) groups excluding carboxylic acids is 1. The average molecular weight is 278 g/mol. The van der Waals surface area contributed by atoms with Crippen LogP contribution in [0, 0.1) is 6.92 Å². The molecule has 4 nitrogen and oxygen atoms in total. The van der Waals surface area contributed by atoms with Gasteiger partial charge in [-0.15, -0.1) is 11.6 Å². The van der Waals surface area contributed by atoms with E-state index in [1.54, 1.807) is 23.0 Å². The van der Waals surface area contributed by atoms with Gasteiger partial charge in [-0.25, -0.2) is 0 Å². The molecule has 0 saturated carbocycles. The molecule has 1 aromatic heterocycles. The lowest BCUT2D eigenvalue weighted by molar-refractivity contribution is 0.0951. The van der Waals surface area contributed by atoms with Crippen LogP contribution in [0.2, 0.25) is 0 Å². The van der Waals surface area contributed by atoms with Crippen LogP contribution in [0.1, 0.15) is 27.2 Å². The molecular weight excluding hydrogens is 262 g/mol. The minimum atomic E-state index is -0.0932. The Bertz CT molecular complexity index is 575. The minimum Gasteiger partial charge on any atom is -0.348 e. The zero-order valence-electron chi connectivity index (χ0n) is 11.0. The Morgan fingerprint density at radius 1 is 1.37 bits per heavy atom. The zero-order chi connectivity index (χ0) is 13.8. The van der Waals surface area contributed by atoms with Gasteiger partial charge in [0.2, 0.25) is 0 Å². The molecule has 0 aliphatic carbocycles. The van der Waals surface area contributed by atoms with Crippen molar-refractivity contribution < 1.29 is 4.79 Å². The first kappa shape index (κ1) is 13.6. The van der Waals surface area contributed by atoms with E-state index in [4.69, 9.17) is 11.6 Å². The number of aryl methyl sites for hydroxylation is 1. The van der Waals surface area contributed by atoms with Crippen LogP contribution in [0.25, 0.3) is 0 Å². The van der Waals surface area contributed by atoms with E-state index in [9.17, 15) is 4.79 Å². The Morgan fingerprint density at radius 3 is 2.58 bits per heavy atom. The van der Waals surface area contributed by atoms with Gasteiger partial charge in [0, 0.05) is 36.3 Å². The summed E-state index contributed by atoms with van der Waals surface area (Å²) < 4.78 is 1.79. The maximum Gasteiger partial charge on any atom is 0.251 e. The van der Waals surface area contributed by atoms with Crippen LogP contribution < -0.4 is 5.32 Å². The lowest BCUT2D eigenvalue weighted by atomic mass is 10.1. The molecular formula is C14H16ClN3O. The molecule has 19 heavy (non-hydrogen) atoms. The Morgan fingerprint density at radius 2 is 2.05 bits per heavy atom. The standard InChI is InChI=1S/C14H16ClN3O/c1-10-13(9-17-18(10)2)8-16-14(19)12-5-3-11(7-15)4-6-12/h3-6,9H,7-8H2,1-2H3,(H,16,19). The van der Waals surface area contributed by atoms with Gasteiger partial charge in [0.15, 0.2) is 0 Å². The van der Waals surface area contributed by atoms with Gasteiger partial charge in [0.1, 0.15) is 0 Å². The van der Waals surface area contributed by atoms with Gasteiger partial charge in [-0.05, 0) is 24.6 Å². The molecule has 0 saturated heterocycles. The molecule has 1 amide bonds. The highest BCUT2D eigenvalue weighted by Gasteiger charge is 2.08. The highest BCUT2D eigenvalue weighted by molar-refractivity contribution is 6.17. The van der Waals surface area contributed by atoms with Gasteiger partial charge in [0.05, 0.1) is 6.20 Å².